The predicted octanol–water partition coefficient (Wildman–Crippen LogP) is 3.31. The molecule has 2 aliphatic rings. The first-order valence-electron chi connectivity index (χ1n) is 8.06. The number of para-hydroxylation sites is 1. The van der Waals surface area contributed by atoms with Gasteiger partial charge in [0.2, 0.25) is 6.29 Å². The Morgan fingerprint density at radius 3 is 2.67 bits per heavy atom. The van der Waals surface area contributed by atoms with Gasteiger partial charge in [0.05, 0.1) is 18.9 Å². The van der Waals surface area contributed by atoms with Crippen molar-refractivity contribution in [3.8, 4) is 0 Å². The van der Waals surface area contributed by atoms with Crippen molar-refractivity contribution >= 4 is 17.7 Å². The Labute approximate surface area is 140 Å². The van der Waals surface area contributed by atoms with Gasteiger partial charge in [-0.25, -0.2) is 9.59 Å². The van der Waals surface area contributed by atoms with Gasteiger partial charge in [-0.3, -0.25) is 5.32 Å². The second-order valence-corrected chi connectivity index (χ2v) is 6.20. The Morgan fingerprint density at radius 2 is 1.96 bits per heavy atom. The van der Waals surface area contributed by atoms with Crippen LogP contribution in [0.1, 0.15) is 19.8 Å². The summed E-state index contributed by atoms with van der Waals surface area (Å²) in [7, 11) is 1.35. The maximum atomic E-state index is 12.1. The van der Waals surface area contributed by atoms with Gasteiger partial charge in [0, 0.05) is 17.5 Å². The summed E-state index contributed by atoms with van der Waals surface area (Å²) in [6.45, 7) is 2.08. The van der Waals surface area contributed by atoms with Crippen molar-refractivity contribution in [3.05, 3.63) is 42.2 Å². The van der Waals surface area contributed by atoms with E-state index in [1.54, 1.807) is 12.1 Å². The summed E-state index contributed by atoms with van der Waals surface area (Å²) >= 11 is 0. The van der Waals surface area contributed by atoms with Gasteiger partial charge in [0.25, 0.3) is 0 Å². The number of amides is 1. The lowest BCUT2D eigenvalue weighted by atomic mass is 9.83. The molecule has 1 aromatic carbocycles. The maximum absolute atomic E-state index is 12.1. The normalized spacial score (nSPS) is 28.2. The number of esters is 1. The Bertz CT molecular complexity index is 642. The highest BCUT2D eigenvalue weighted by Gasteiger charge is 2.48. The Balaban J connectivity index is 1.70. The highest BCUT2D eigenvalue weighted by Crippen LogP contribution is 2.46. The average molecular weight is 331 g/mol. The number of carbonyl (C=O) groups excluding carboxylic acids is 2. The van der Waals surface area contributed by atoms with Crippen molar-refractivity contribution in [2.45, 2.75) is 26.1 Å². The second-order valence-electron chi connectivity index (χ2n) is 6.20. The molecule has 128 valence electrons. The smallest absolute Gasteiger partial charge is 0.414 e. The van der Waals surface area contributed by atoms with E-state index in [-0.39, 0.29) is 23.7 Å². The molecule has 6 heteroatoms. The number of rotatable bonds is 3. The lowest BCUT2D eigenvalue weighted by Gasteiger charge is -2.34. The number of benzene rings is 1. The minimum Gasteiger partial charge on any atom is -0.466 e. The van der Waals surface area contributed by atoms with Crippen molar-refractivity contribution < 1.29 is 23.8 Å². The van der Waals surface area contributed by atoms with Crippen LogP contribution in [0.5, 0.6) is 0 Å². The number of fused-ring (bicyclic) bond motifs is 1. The van der Waals surface area contributed by atoms with Crippen LogP contribution in [0.4, 0.5) is 10.5 Å². The molecule has 24 heavy (non-hydrogen) atoms. The molecule has 0 bridgehead atoms. The first kappa shape index (κ1) is 16.4. The molecule has 1 amide bonds. The van der Waals surface area contributed by atoms with Gasteiger partial charge >= 0.3 is 12.1 Å². The molecule has 1 aromatic rings. The molecule has 1 aliphatic heterocycles. The first-order chi connectivity index (χ1) is 11.6. The predicted molar refractivity (Wildman–Crippen MR) is 86.9 cm³/mol. The third-order valence-electron chi connectivity index (χ3n) is 4.76. The van der Waals surface area contributed by atoms with E-state index >= 15 is 0 Å². The zero-order chi connectivity index (χ0) is 17.1. The van der Waals surface area contributed by atoms with Gasteiger partial charge in [0.1, 0.15) is 0 Å². The Hall–Kier alpha value is -2.50. The van der Waals surface area contributed by atoms with Crippen LogP contribution in [0.15, 0.2) is 42.2 Å². The van der Waals surface area contributed by atoms with Crippen molar-refractivity contribution in [2.24, 2.45) is 17.8 Å². The van der Waals surface area contributed by atoms with E-state index in [9.17, 15) is 9.59 Å². The zero-order valence-electron chi connectivity index (χ0n) is 13.7. The van der Waals surface area contributed by atoms with Gasteiger partial charge < -0.3 is 14.2 Å². The SMILES string of the molecule is COC(=O)C1=COC(OC(=O)Nc2ccccc2)C2C(C)CCC12. The second kappa shape index (κ2) is 6.95. The molecular weight excluding hydrogens is 310 g/mol. The van der Waals surface area contributed by atoms with Crippen molar-refractivity contribution in [2.75, 3.05) is 12.4 Å². The fourth-order valence-corrected chi connectivity index (χ4v) is 3.56. The minimum atomic E-state index is -0.704. The van der Waals surface area contributed by atoms with E-state index in [4.69, 9.17) is 14.2 Å². The number of hydrogen-bond acceptors (Lipinski definition) is 5. The van der Waals surface area contributed by atoms with E-state index in [1.807, 2.05) is 18.2 Å². The van der Waals surface area contributed by atoms with Crippen LogP contribution >= 0.6 is 0 Å². The molecule has 1 aliphatic carbocycles. The monoisotopic (exact) mass is 331 g/mol. The number of carbonyl (C=O) groups is 2. The fourth-order valence-electron chi connectivity index (χ4n) is 3.56. The summed E-state index contributed by atoms with van der Waals surface area (Å²) in [6.07, 6.45) is 1.92. The lowest BCUT2D eigenvalue weighted by molar-refractivity contribution is -0.144. The van der Waals surface area contributed by atoms with E-state index < -0.39 is 12.4 Å². The number of anilines is 1. The number of methoxy groups -OCH3 is 1. The molecular formula is C18H21NO5. The molecule has 3 rings (SSSR count). The summed E-state index contributed by atoms with van der Waals surface area (Å²) < 4.78 is 15.9. The maximum Gasteiger partial charge on any atom is 0.414 e. The van der Waals surface area contributed by atoms with E-state index in [1.165, 1.54) is 13.4 Å². The fraction of sp³-hybridized carbons (Fsp3) is 0.444. The molecule has 4 unspecified atom stereocenters. The highest BCUT2D eigenvalue weighted by molar-refractivity contribution is 5.89. The third-order valence-corrected chi connectivity index (χ3v) is 4.76. The largest absolute Gasteiger partial charge is 0.466 e. The van der Waals surface area contributed by atoms with Crippen LogP contribution in [-0.2, 0) is 19.0 Å². The summed E-state index contributed by atoms with van der Waals surface area (Å²) in [4.78, 5) is 24.0. The zero-order valence-corrected chi connectivity index (χ0v) is 13.7. The van der Waals surface area contributed by atoms with Crippen LogP contribution in [0.2, 0.25) is 0 Å². The average Bonchev–Trinajstić information content (AvgIpc) is 2.98. The van der Waals surface area contributed by atoms with Crippen LogP contribution in [0.25, 0.3) is 0 Å². The number of hydrogen-bond donors (Lipinski definition) is 1. The van der Waals surface area contributed by atoms with Crippen molar-refractivity contribution in [3.63, 3.8) is 0 Å². The minimum absolute atomic E-state index is 0.00396. The molecule has 1 fully saturated rings. The Kier molecular flexibility index (Phi) is 4.74. The summed E-state index contributed by atoms with van der Waals surface area (Å²) in [5.41, 5.74) is 1.18. The molecule has 0 saturated heterocycles. The molecule has 0 spiro atoms. The van der Waals surface area contributed by atoms with E-state index in [0.717, 1.165) is 12.8 Å². The van der Waals surface area contributed by atoms with Gasteiger partial charge in [-0.2, -0.15) is 0 Å². The first-order valence-corrected chi connectivity index (χ1v) is 8.06. The summed E-state index contributed by atoms with van der Waals surface area (Å²) in [6, 6.07) is 9.07. The third kappa shape index (κ3) is 3.22. The van der Waals surface area contributed by atoms with Crippen LogP contribution in [0, 0.1) is 17.8 Å². The Morgan fingerprint density at radius 1 is 1.21 bits per heavy atom. The molecule has 1 saturated carbocycles. The van der Waals surface area contributed by atoms with Gasteiger partial charge in [-0.1, -0.05) is 25.1 Å². The molecule has 4 atom stereocenters. The number of ether oxygens (including phenoxy) is 3. The molecule has 1 heterocycles. The summed E-state index contributed by atoms with van der Waals surface area (Å²) in [5, 5.41) is 2.68. The van der Waals surface area contributed by atoms with Gasteiger partial charge in [-0.15, -0.1) is 0 Å². The van der Waals surface area contributed by atoms with Crippen molar-refractivity contribution in [1.82, 2.24) is 0 Å². The van der Waals surface area contributed by atoms with E-state index in [0.29, 0.717) is 11.3 Å². The van der Waals surface area contributed by atoms with E-state index in [2.05, 4.69) is 12.2 Å². The highest BCUT2D eigenvalue weighted by atomic mass is 16.7. The molecule has 0 radical (unpaired) electrons. The molecule has 6 nitrogen and oxygen atoms in total. The van der Waals surface area contributed by atoms with Crippen LogP contribution in [-0.4, -0.2) is 25.5 Å². The van der Waals surface area contributed by atoms with Crippen LogP contribution < -0.4 is 5.32 Å². The lowest BCUT2D eigenvalue weighted by Crippen LogP contribution is -2.39. The van der Waals surface area contributed by atoms with Crippen LogP contribution in [0.3, 0.4) is 0 Å². The topological polar surface area (TPSA) is 73.9 Å². The quantitative estimate of drug-likeness (QED) is 0.860. The van der Waals surface area contributed by atoms with Gasteiger partial charge in [-0.05, 0) is 30.9 Å². The standard InChI is InChI=1S/C18H21NO5/c1-11-8-9-13-14(16(20)22-2)10-23-17(15(11)13)24-18(21)19-12-6-4-3-5-7-12/h3-7,10-11,13,15,17H,8-9H2,1-2H3,(H,19,21). The number of nitrogens with one attached hydrogen (secondary N) is 1. The van der Waals surface area contributed by atoms with Gasteiger partial charge in [0.15, 0.2) is 0 Å². The summed E-state index contributed by atoms with van der Waals surface area (Å²) in [5.74, 6) is -0.148. The molecule has 1 N–H and O–H groups in total. The van der Waals surface area contributed by atoms with Crippen molar-refractivity contribution in [1.29, 1.82) is 0 Å². The molecule has 0 aromatic heterocycles.